The predicted molar refractivity (Wildman–Crippen MR) is 96.4 cm³/mol. The van der Waals surface area contributed by atoms with E-state index in [4.69, 9.17) is 23.2 Å². The van der Waals surface area contributed by atoms with Gasteiger partial charge in [0.05, 0.1) is 16.1 Å². The van der Waals surface area contributed by atoms with E-state index in [0.29, 0.717) is 15.6 Å². The molecule has 3 rings (SSSR count). The van der Waals surface area contributed by atoms with Crippen molar-refractivity contribution in [3.63, 3.8) is 0 Å². The number of hydrazine groups is 1. The Balaban J connectivity index is 1.80. The second kappa shape index (κ2) is 6.46. The number of amidine groups is 1. The fourth-order valence-corrected chi connectivity index (χ4v) is 3.30. The smallest absolute Gasteiger partial charge is 0.267 e. The molecule has 24 heavy (non-hydrogen) atoms. The molecule has 2 aromatic rings. The molecule has 0 unspecified atom stereocenters. The molecule has 0 aliphatic carbocycles. The molecule has 4 nitrogen and oxygen atoms in total. The fraction of sp³-hybridized carbons (Fsp3) is 0.222. The van der Waals surface area contributed by atoms with Gasteiger partial charge in [0, 0.05) is 11.4 Å². The average molecular weight is 363 g/mol. The molecule has 1 aliphatic rings. The summed E-state index contributed by atoms with van der Waals surface area (Å²) >= 11 is 11.9. The Hall–Kier alpha value is -2.04. The van der Waals surface area contributed by atoms with Crippen LogP contribution in [0.25, 0.3) is 0 Å². The first kappa shape index (κ1) is 16.8. The first-order valence-electron chi connectivity index (χ1n) is 7.60. The average Bonchev–Trinajstić information content (AvgIpc) is 2.51. The normalized spacial score (nSPS) is 15.2. The summed E-state index contributed by atoms with van der Waals surface area (Å²) in [6, 6.07) is 12.9. The molecule has 0 aromatic heterocycles. The van der Waals surface area contributed by atoms with Gasteiger partial charge < -0.3 is 0 Å². The molecule has 0 saturated heterocycles. The quantitative estimate of drug-likeness (QED) is 0.680. The molecule has 1 aliphatic heterocycles. The minimum atomic E-state index is -0.327. The van der Waals surface area contributed by atoms with Gasteiger partial charge in [-0.25, -0.2) is 0 Å². The van der Waals surface area contributed by atoms with Crippen LogP contribution in [0.1, 0.15) is 35.3 Å². The summed E-state index contributed by atoms with van der Waals surface area (Å²) in [4.78, 5) is 15.8. The van der Waals surface area contributed by atoms with Gasteiger partial charge in [-0.15, -0.1) is 0 Å². The number of halogens is 2. The second-order valence-electron chi connectivity index (χ2n) is 6.42. The van der Waals surface area contributed by atoms with Crippen molar-refractivity contribution in [3.8, 4) is 0 Å². The van der Waals surface area contributed by atoms with Crippen molar-refractivity contribution in [1.29, 1.82) is 0 Å². The summed E-state index contributed by atoms with van der Waals surface area (Å²) in [6.45, 7) is 4.23. The standard InChI is InChI=1S/C18H17Cl2N3O/c1-18(2)10-11-5-3-4-6-13(11)16(21-18)22-23-17(24)14-8-7-12(19)9-15(14)20/h3-9H,10H2,1-2H3,(H,21,22)(H,23,24)/p+1. The zero-order valence-corrected chi connectivity index (χ0v) is 14.9. The lowest BCUT2D eigenvalue weighted by atomic mass is 9.89. The first-order valence-corrected chi connectivity index (χ1v) is 8.36. The second-order valence-corrected chi connectivity index (χ2v) is 7.26. The molecule has 0 bridgehead atoms. The first-order chi connectivity index (χ1) is 11.4. The van der Waals surface area contributed by atoms with Gasteiger partial charge in [-0.1, -0.05) is 41.4 Å². The number of hydrogen-bond donors (Lipinski definition) is 3. The van der Waals surface area contributed by atoms with Crippen molar-refractivity contribution in [2.45, 2.75) is 25.8 Å². The fourth-order valence-electron chi connectivity index (χ4n) is 2.80. The zero-order valence-electron chi connectivity index (χ0n) is 13.4. The highest BCUT2D eigenvalue weighted by Gasteiger charge is 2.31. The van der Waals surface area contributed by atoms with Crippen molar-refractivity contribution >= 4 is 34.9 Å². The van der Waals surface area contributed by atoms with E-state index in [-0.39, 0.29) is 11.4 Å². The monoisotopic (exact) mass is 362 g/mol. The molecule has 124 valence electrons. The minimum Gasteiger partial charge on any atom is -0.267 e. The highest BCUT2D eigenvalue weighted by atomic mass is 35.5. The molecule has 1 amide bonds. The third-order valence-electron chi connectivity index (χ3n) is 3.86. The SMILES string of the molecule is CC1(C)Cc2ccccc2C(NNC(=O)c2ccc(Cl)cc2Cl)=[NH+]1. The number of rotatable bonds is 1. The van der Waals surface area contributed by atoms with Gasteiger partial charge in [0.2, 0.25) is 0 Å². The van der Waals surface area contributed by atoms with Crippen LogP contribution in [-0.2, 0) is 6.42 Å². The lowest BCUT2D eigenvalue weighted by Gasteiger charge is -2.25. The van der Waals surface area contributed by atoms with E-state index >= 15 is 0 Å². The van der Waals surface area contributed by atoms with E-state index < -0.39 is 0 Å². The van der Waals surface area contributed by atoms with Gasteiger partial charge in [0.1, 0.15) is 5.54 Å². The summed E-state index contributed by atoms with van der Waals surface area (Å²) in [5.41, 5.74) is 8.19. The zero-order chi connectivity index (χ0) is 17.3. The van der Waals surface area contributed by atoms with E-state index in [2.05, 4.69) is 35.8 Å². The van der Waals surface area contributed by atoms with Gasteiger partial charge in [-0.3, -0.25) is 9.79 Å². The van der Waals surface area contributed by atoms with Gasteiger partial charge >= 0.3 is 0 Å². The molecule has 1 heterocycles. The summed E-state index contributed by atoms with van der Waals surface area (Å²) in [7, 11) is 0. The molecule has 2 aromatic carbocycles. The number of benzene rings is 2. The van der Waals surface area contributed by atoms with Crippen LogP contribution in [0.4, 0.5) is 0 Å². The van der Waals surface area contributed by atoms with Crippen molar-refractivity contribution in [2.75, 3.05) is 0 Å². The molecule has 0 saturated carbocycles. The molecule has 0 spiro atoms. The lowest BCUT2D eigenvalue weighted by Crippen LogP contribution is -2.90. The van der Waals surface area contributed by atoms with Crippen LogP contribution in [0.15, 0.2) is 42.5 Å². The Morgan fingerprint density at radius 1 is 1.17 bits per heavy atom. The molecule has 3 N–H and O–H groups in total. The van der Waals surface area contributed by atoms with Crippen LogP contribution in [0, 0.1) is 0 Å². The Labute approximate surface area is 150 Å². The summed E-state index contributed by atoms with van der Waals surface area (Å²) in [6.07, 6.45) is 0.908. The Kier molecular flexibility index (Phi) is 4.52. The van der Waals surface area contributed by atoms with Crippen molar-refractivity contribution in [1.82, 2.24) is 10.9 Å². The van der Waals surface area contributed by atoms with Gasteiger partial charge in [-0.05, 0) is 43.7 Å². The number of nitrogens with one attached hydrogen (secondary N) is 3. The van der Waals surface area contributed by atoms with Crippen LogP contribution in [-0.4, -0.2) is 17.3 Å². The van der Waals surface area contributed by atoms with Crippen LogP contribution in [0.3, 0.4) is 0 Å². The summed E-state index contributed by atoms with van der Waals surface area (Å²) in [5.74, 6) is 0.437. The molecular formula is C18H18Cl2N3O+. The van der Waals surface area contributed by atoms with Gasteiger partial charge in [-0.2, -0.15) is 10.9 Å². The van der Waals surface area contributed by atoms with Crippen molar-refractivity contribution in [2.24, 2.45) is 0 Å². The molecule has 0 atom stereocenters. The number of carbonyl (C=O) groups is 1. The maximum Gasteiger partial charge on any atom is 0.299 e. The van der Waals surface area contributed by atoms with Crippen LogP contribution >= 0.6 is 23.2 Å². The number of fused-ring (bicyclic) bond motifs is 1. The Bertz CT molecular complexity index is 831. The van der Waals surface area contributed by atoms with E-state index in [1.54, 1.807) is 18.2 Å². The van der Waals surface area contributed by atoms with E-state index in [0.717, 1.165) is 17.8 Å². The van der Waals surface area contributed by atoms with Gasteiger partial charge in [0.15, 0.2) is 0 Å². The number of hydrogen-bond acceptors (Lipinski definition) is 2. The van der Waals surface area contributed by atoms with Crippen molar-refractivity contribution < 1.29 is 9.79 Å². The van der Waals surface area contributed by atoms with Gasteiger partial charge in [0.25, 0.3) is 11.7 Å². The van der Waals surface area contributed by atoms with Crippen LogP contribution in [0.5, 0.6) is 0 Å². The minimum absolute atomic E-state index is 0.112. The predicted octanol–water partition coefficient (Wildman–Crippen LogP) is 2.09. The largest absolute Gasteiger partial charge is 0.299 e. The number of amides is 1. The third-order valence-corrected chi connectivity index (χ3v) is 4.41. The van der Waals surface area contributed by atoms with Crippen LogP contribution in [0.2, 0.25) is 10.0 Å². The van der Waals surface area contributed by atoms with E-state index in [9.17, 15) is 4.79 Å². The Morgan fingerprint density at radius 2 is 1.92 bits per heavy atom. The highest BCUT2D eigenvalue weighted by molar-refractivity contribution is 6.36. The van der Waals surface area contributed by atoms with Crippen molar-refractivity contribution in [3.05, 3.63) is 69.2 Å². The molecule has 0 fully saturated rings. The highest BCUT2D eigenvalue weighted by Crippen LogP contribution is 2.21. The molecular weight excluding hydrogens is 345 g/mol. The maximum absolute atomic E-state index is 12.4. The summed E-state index contributed by atoms with van der Waals surface area (Å²) in [5, 5.41) is 0.799. The lowest BCUT2D eigenvalue weighted by molar-refractivity contribution is -0.547. The maximum atomic E-state index is 12.4. The van der Waals surface area contributed by atoms with Crippen LogP contribution < -0.4 is 15.8 Å². The molecule has 6 heteroatoms. The summed E-state index contributed by atoms with van der Waals surface area (Å²) < 4.78 is 0. The molecule has 0 radical (unpaired) electrons. The number of carbonyl (C=O) groups excluding carboxylic acids is 1. The third kappa shape index (κ3) is 3.55. The Morgan fingerprint density at radius 3 is 2.67 bits per heavy atom. The van der Waals surface area contributed by atoms with E-state index in [1.807, 2.05) is 18.2 Å². The topological polar surface area (TPSA) is 55.1 Å². The van der Waals surface area contributed by atoms with E-state index in [1.165, 1.54) is 5.56 Å².